The number of rotatable bonds is 4. The summed E-state index contributed by atoms with van der Waals surface area (Å²) in [5, 5.41) is 0.296. The molecule has 3 rings (SSSR count). The molecule has 0 radical (unpaired) electrons. The summed E-state index contributed by atoms with van der Waals surface area (Å²) in [4.78, 5) is 8.10. The van der Waals surface area contributed by atoms with E-state index in [1.165, 1.54) is 44.1 Å². The van der Waals surface area contributed by atoms with E-state index in [0.717, 1.165) is 23.0 Å². The van der Waals surface area contributed by atoms with Crippen LogP contribution in [0.3, 0.4) is 0 Å². The first-order chi connectivity index (χ1) is 10.8. The van der Waals surface area contributed by atoms with Crippen LogP contribution in [0.1, 0.15) is 56.9 Å². The average molecular weight is 315 g/mol. The van der Waals surface area contributed by atoms with E-state index in [1.807, 2.05) is 0 Å². The minimum atomic E-state index is 0.296. The lowest BCUT2D eigenvalue weighted by molar-refractivity contribution is 0.308. The third-order valence-electron chi connectivity index (χ3n) is 4.88. The Kier molecular flexibility index (Phi) is 5.09. The first-order valence-electron chi connectivity index (χ1n) is 8.34. The van der Waals surface area contributed by atoms with E-state index in [0.29, 0.717) is 5.28 Å². The van der Waals surface area contributed by atoms with Crippen LogP contribution in [0.2, 0.25) is 5.28 Å². The van der Waals surface area contributed by atoms with Crippen molar-refractivity contribution >= 4 is 11.6 Å². The molecule has 2 nitrogen and oxygen atoms in total. The van der Waals surface area contributed by atoms with Gasteiger partial charge in [-0.2, -0.15) is 0 Å². The molecule has 0 atom stereocenters. The molecule has 1 aliphatic rings. The Balaban J connectivity index is 1.66. The molecule has 1 saturated carbocycles. The van der Waals surface area contributed by atoms with Gasteiger partial charge in [0.2, 0.25) is 5.28 Å². The molecule has 22 heavy (non-hydrogen) atoms. The zero-order chi connectivity index (χ0) is 15.4. The van der Waals surface area contributed by atoms with Crippen molar-refractivity contribution in [2.75, 3.05) is 0 Å². The van der Waals surface area contributed by atoms with Gasteiger partial charge in [-0.15, -0.1) is 0 Å². The van der Waals surface area contributed by atoms with Crippen molar-refractivity contribution in [3.8, 4) is 11.1 Å². The first kappa shape index (κ1) is 15.5. The van der Waals surface area contributed by atoms with Gasteiger partial charge in [-0.3, -0.25) is 0 Å². The second kappa shape index (κ2) is 7.23. The minimum Gasteiger partial charge on any atom is -0.226 e. The highest BCUT2D eigenvalue weighted by Crippen LogP contribution is 2.37. The summed E-state index contributed by atoms with van der Waals surface area (Å²) < 4.78 is 0. The van der Waals surface area contributed by atoms with Crippen molar-refractivity contribution in [2.45, 2.75) is 51.4 Å². The number of hydrogen-bond donors (Lipinski definition) is 0. The summed E-state index contributed by atoms with van der Waals surface area (Å²) in [6, 6.07) is 8.91. The minimum absolute atomic E-state index is 0.296. The Labute approximate surface area is 138 Å². The van der Waals surface area contributed by atoms with Crippen LogP contribution in [-0.4, -0.2) is 9.97 Å². The van der Waals surface area contributed by atoms with Gasteiger partial charge in [-0.1, -0.05) is 44.0 Å². The molecule has 0 amide bonds. The highest BCUT2D eigenvalue weighted by molar-refractivity contribution is 6.28. The van der Waals surface area contributed by atoms with Gasteiger partial charge in [0.1, 0.15) is 0 Å². The number of nitrogens with zero attached hydrogens (tertiary/aromatic N) is 2. The largest absolute Gasteiger partial charge is 0.226 e. The maximum Gasteiger partial charge on any atom is 0.222 e. The SMILES string of the molecule is CCCC1CCC(c2ccc(-c3cnc(Cl)nc3)cc2)CC1. The predicted molar refractivity (Wildman–Crippen MR) is 92.1 cm³/mol. The van der Waals surface area contributed by atoms with E-state index >= 15 is 0 Å². The molecule has 0 saturated heterocycles. The monoisotopic (exact) mass is 314 g/mol. The molecule has 2 aromatic rings. The van der Waals surface area contributed by atoms with E-state index in [-0.39, 0.29) is 0 Å². The van der Waals surface area contributed by atoms with Gasteiger partial charge >= 0.3 is 0 Å². The van der Waals surface area contributed by atoms with Crippen molar-refractivity contribution in [1.82, 2.24) is 9.97 Å². The van der Waals surface area contributed by atoms with Crippen LogP contribution < -0.4 is 0 Å². The van der Waals surface area contributed by atoms with Gasteiger partial charge in [-0.05, 0) is 60.2 Å². The number of benzene rings is 1. The molecule has 1 fully saturated rings. The molecule has 0 aliphatic heterocycles. The molecular weight excluding hydrogens is 292 g/mol. The number of hydrogen-bond acceptors (Lipinski definition) is 2. The summed E-state index contributed by atoms with van der Waals surface area (Å²) in [6.07, 6.45) is 11.8. The summed E-state index contributed by atoms with van der Waals surface area (Å²) in [7, 11) is 0. The predicted octanol–water partition coefficient (Wildman–Crippen LogP) is 5.87. The first-order valence-corrected chi connectivity index (χ1v) is 8.72. The lowest BCUT2D eigenvalue weighted by Crippen LogP contribution is -2.13. The Hall–Kier alpha value is -1.41. The van der Waals surface area contributed by atoms with Crippen molar-refractivity contribution in [1.29, 1.82) is 0 Å². The maximum atomic E-state index is 5.74. The van der Waals surface area contributed by atoms with E-state index in [1.54, 1.807) is 12.4 Å². The van der Waals surface area contributed by atoms with Crippen LogP contribution in [-0.2, 0) is 0 Å². The van der Waals surface area contributed by atoms with Crippen molar-refractivity contribution < 1.29 is 0 Å². The second-order valence-corrected chi connectivity index (χ2v) is 6.71. The summed E-state index contributed by atoms with van der Waals surface area (Å²) in [5.74, 6) is 1.70. The quantitative estimate of drug-likeness (QED) is 0.659. The fourth-order valence-electron chi connectivity index (χ4n) is 3.60. The Morgan fingerprint density at radius 2 is 1.59 bits per heavy atom. The topological polar surface area (TPSA) is 25.8 Å². The lowest BCUT2D eigenvalue weighted by Gasteiger charge is -2.28. The van der Waals surface area contributed by atoms with Crippen molar-refractivity contribution in [3.05, 3.63) is 47.5 Å². The fraction of sp³-hybridized carbons (Fsp3) is 0.474. The van der Waals surface area contributed by atoms with Gasteiger partial charge in [0.25, 0.3) is 0 Å². The summed E-state index contributed by atoms with van der Waals surface area (Å²) in [5.41, 5.74) is 3.65. The molecule has 0 spiro atoms. The molecule has 1 aliphatic carbocycles. The zero-order valence-corrected chi connectivity index (χ0v) is 13.9. The molecule has 0 unspecified atom stereocenters. The highest BCUT2D eigenvalue weighted by atomic mass is 35.5. The summed E-state index contributed by atoms with van der Waals surface area (Å²) in [6.45, 7) is 2.30. The van der Waals surface area contributed by atoms with E-state index in [4.69, 9.17) is 11.6 Å². The fourth-order valence-corrected chi connectivity index (χ4v) is 3.70. The van der Waals surface area contributed by atoms with E-state index < -0.39 is 0 Å². The Morgan fingerprint density at radius 1 is 0.955 bits per heavy atom. The van der Waals surface area contributed by atoms with Gasteiger partial charge < -0.3 is 0 Å². The average Bonchev–Trinajstić information content (AvgIpc) is 2.57. The second-order valence-electron chi connectivity index (χ2n) is 6.37. The lowest BCUT2D eigenvalue weighted by atomic mass is 9.77. The standard InChI is InChI=1S/C19H23ClN2/c1-2-3-14-4-6-15(7-5-14)16-8-10-17(11-9-16)18-12-21-19(20)22-13-18/h8-15H,2-7H2,1H3. The van der Waals surface area contributed by atoms with Crippen LogP contribution in [0.5, 0.6) is 0 Å². The Morgan fingerprint density at radius 3 is 2.18 bits per heavy atom. The van der Waals surface area contributed by atoms with Crippen LogP contribution in [0.15, 0.2) is 36.7 Å². The van der Waals surface area contributed by atoms with Crippen LogP contribution in [0.25, 0.3) is 11.1 Å². The highest BCUT2D eigenvalue weighted by Gasteiger charge is 2.21. The number of aromatic nitrogens is 2. The van der Waals surface area contributed by atoms with E-state index in [2.05, 4.69) is 41.2 Å². The summed E-state index contributed by atoms with van der Waals surface area (Å²) >= 11 is 5.74. The van der Waals surface area contributed by atoms with E-state index in [9.17, 15) is 0 Å². The third-order valence-corrected chi connectivity index (χ3v) is 5.07. The van der Waals surface area contributed by atoms with Gasteiger partial charge in [0, 0.05) is 18.0 Å². The van der Waals surface area contributed by atoms with Crippen LogP contribution in [0.4, 0.5) is 0 Å². The maximum absolute atomic E-state index is 5.74. The molecule has 116 valence electrons. The molecule has 0 N–H and O–H groups in total. The van der Waals surface area contributed by atoms with Gasteiger partial charge in [0.05, 0.1) is 0 Å². The molecular formula is C19H23ClN2. The molecule has 3 heteroatoms. The molecule has 1 heterocycles. The molecule has 0 bridgehead atoms. The number of halogens is 1. The smallest absolute Gasteiger partial charge is 0.222 e. The van der Waals surface area contributed by atoms with Crippen molar-refractivity contribution in [3.63, 3.8) is 0 Å². The molecule has 1 aromatic heterocycles. The molecule has 1 aromatic carbocycles. The van der Waals surface area contributed by atoms with Gasteiger partial charge in [0.15, 0.2) is 0 Å². The Bertz CT molecular complexity index is 584. The normalized spacial score (nSPS) is 21.7. The zero-order valence-electron chi connectivity index (χ0n) is 13.1. The van der Waals surface area contributed by atoms with Gasteiger partial charge in [-0.25, -0.2) is 9.97 Å². The van der Waals surface area contributed by atoms with Crippen LogP contribution in [0, 0.1) is 5.92 Å². The van der Waals surface area contributed by atoms with Crippen LogP contribution >= 0.6 is 11.6 Å². The third kappa shape index (κ3) is 3.67. The van der Waals surface area contributed by atoms with Crippen molar-refractivity contribution in [2.24, 2.45) is 5.92 Å².